The van der Waals surface area contributed by atoms with Gasteiger partial charge in [-0.15, -0.1) is 0 Å². The molecule has 3 rings (SSSR count). The number of pyridine rings is 1. The molecule has 1 aliphatic rings. The number of phenols is 1. The topological polar surface area (TPSA) is 70.5 Å². The number of aromatic hydroxyl groups is 1. The lowest BCUT2D eigenvalue weighted by Gasteiger charge is -2.11. The first kappa shape index (κ1) is 17.2. The summed E-state index contributed by atoms with van der Waals surface area (Å²) < 4.78 is 0. The lowest BCUT2D eigenvalue weighted by atomic mass is 10.2. The molecule has 2 amide bonds. The summed E-state index contributed by atoms with van der Waals surface area (Å²) in [5, 5.41) is 9.04. The Hall–Kier alpha value is -2.60. The van der Waals surface area contributed by atoms with E-state index in [1.807, 2.05) is 18.3 Å². The van der Waals surface area contributed by atoms with Crippen molar-refractivity contribution in [3.63, 3.8) is 0 Å². The van der Waals surface area contributed by atoms with Gasteiger partial charge in [0, 0.05) is 24.9 Å². The third kappa shape index (κ3) is 4.09. The zero-order valence-electron chi connectivity index (χ0n) is 13.8. The molecule has 5 nitrogen and oxygen atoms in total. The van der Waals surface area contributed by atoms with Crippen LogP contribution in [0.15, 0.2) is 47.5 Å². The van der Waals surface area contributed by atoms with Gasteiger partial charge in [0.2, 0.25) is 0 Å². The van der Waals surface area contributed by atoms with Crippen molar-refractivity contribution in [1.29, 1.82) is 0 Å². The van der Waals surface area contributed by atoms with Crippen molar-refractivity contribution in [3.8, 4) is 5.75 Å². The molecule has 1 aromatic carbocycles. The van der Waals surface area contributed by atoms with Crippen molar-refractivity contribution >= 4 is 29.0 Å². The monoisotopic (exact) mass is 354 g/mol. The molecule has 1 fully saturated rings. The van der Waals surface area contributed by atoms with Crippen LogP contribution in [0.3, 0.4) is 0 Å². The highest BCUT2D eigenvalue weighted by molar-refractivity contribution is 8.18. The maximum Gasteiger partial charge on any atom is 0.293 e. The van der Waals surface area contributed by atoms with Crippen LogP contribution < -0.4 is 0 Å². The van der Waals surface area contributed by atoms with Gasteiger partial charge in [0.15, 0.2) is 0 Å². The van der Waals surface area contributed by atoms with Gasteiger partial charge < -0.3 is 5.11 Å². The minimum absolute atomic E-state index is 0.159. The van der Waals surface area contributed by atoms with E-state index in [2.05, 4.69) is 11.9 Å². The molecule has 1 saturated heterocycles. The molecule has 0 aliphatic carbocycles. The van der Waals surface area contributed by atoms with E-state index in [0.717, 1.165) is 35.0 Å². The fourth-order valence-electron chi connectivity index (χ4n) is 2.45. The quantitative estimate of drug-likeness (QED) is 0.830. The maximum atomic E-state index is 12.5. The number of phenolic OH excluding ortho intramolecular Hbond substituents is 1. The molecule has 2 aromatic rings. The van der Waals surface area contributed by atoms with Crippen molar-refractivity contribution in [3.05, 3.63) is 64.3 Å². The number of thioether (sulfide) groups is 1. The number of amides is 2. The lowest BCUT2D eigenvalue weighted by molar-refractivity contribution is -0.122. The van der Waals surface area contributed by atoms with Gasteiger partial charge >= 0.3 is 0 Å². The summed E-state index contributed by atoms with van der Waals surface area (Å²) in [7, 11) is 0. The van der Waals surface area contributed by atoms with Crippen molar-refractivity contribution in [2.45, 2.75) is 19.8 Å². The van der Waals surface area contributed by atoms with Gasteiger partial charge in [-0.05, 0) is 53.6 Å². The molecule has 128 valence electrons. The minimum Gasteiger partial charge on any atom is -0.508 e. The van der Waals surface area contributed by atoms with Crippen LogP contribution in [-0.2, 0) is 17.6 Å². The van der Waals surface area contributed by atoms with E-state index >= 15 is 0 Å². The Morgan fingerprint density at radius 1 is 1.16 bits per heavy atom. The average Bonchev–Trinajstić information content (AvgIpc) is 2.89. The van der Waals surface area contributed by atoms with Crippen molar-refractivity contribution < 1.29 is 14.7 Å². The molecule has 0 unspecified atom stereocenters. The number of aryl methyl sites for hydroxylation is 1. The van der Waals surface area contributed by atoms with Gasteiger partial charge in [0.1, 0.15) is 5.75 Å². The Labute approximate surface area is 150 Å². The van der Waals surface area contributed by atoms with Gasteiger partial charge in [0.25, 0.3) is 11.1 Å². The Balaban J connectivity index is 1.67. The molecule has 6 heteroatoms. The standard InChI is InChI=1S/C19H18N2O3S/c1-2-13-3-6-15(20-12-13)9-10-21-18(23)17(25-19(21)24)11-14-4-7-16(22)8-5-14/h3-8,11-12,22H,2,9-10H2,1H3/b17-11-. The number of carbonyl (C=O) groups excluding carboxylic acids is 2. The highest BCUT2D eigenvalue weighted by Gasteiger charge is 2.34. The molecule has 0 radical (unpaired) electrons. The van der Waals surface area contributed by atoms with Crippen LogP contribution in [0.25, 0.3) is 6.08 Å². The summed E-state index contributed by atoms with van der Waals surface area (Å²) in [6, 6.07) is 10.4. The molecule has 1 aliphatic heterocycles. The Kier molecular flexibility index (Phi) is 5.19. The Morgan fingerprint density at radius 3 is 2.56 bits per heavy atom. The number of hydrogen-bond acceptors (Lipinski definition) is 5. The molecule has 1 N–H and O–H groups in total. The smallest absolute Gasteiger partial charge is 0.293 e. The third-order valence-electron chi connectivity index (χ3n) is 3.95. The first-order chi connectivity index (χ1) is 12.1. The molecule has 25 heavy (non-hydrogen) atoms. The normalized spacial score (nSPS) is 16.0. The highest BCUT2D eigenvalue weighted by atomic mass is 32.2. The van der Waals surface area contributed by atoms with Crippen LogP contribution in [0, 0.1) is 0 Å². The zero-order chi connectivity index (χ0) is 17.8. The largest absolute Gasteiger partial charge is 0.508 e. The molecule has 1 aromatic heterocycles. The van der Waals surface area contributed by atoms with Crippen LogP contribution in [0.5, 0.6) is 5.75 Å². The van der Waals surface area contributed by atoms with Gasteiger partial charge in [-0.3, -0.25) is 19.5 Å². The van der Waals surface area contributed by atoms with E-state index in [1.165, 1.54) is 4.90 Å². The number of carbonyl (C=O) groups is 2. The molecule has 0 atom stereocenters. The highest BCUT2D eigenvalue weighted by Crippen LogP contribution is 2.32. The van der Waals surface area contributed by atoms with E-state index < -0.39 is 0 Å². The van der Waals surface area contributed by atoms with E-state index in [1.54, 1.807) is 30.3 Å². The second kappa shape index (κ2) is 7.53. The number of nitrogens with zero attached hydrogens (tertiary/aromatic N) is 2. The summed E-state index contributed by atoms with van der Waals surface area (Å²) in [4.78, 5) is 30.6. The van der Waals surface area contributed by atoms with Crippen LogP contribution in [-0.4, -0.2) is 32.7 Å². The van der Waals surface area contributed by atoms with Gasteiger partial charge in [0.05, 0.1) is 4.91 Å². The first-order valence-corrected chi connectivity index (χ1v) is 8.86. The van der Waals surface area contributed by atoms with Crippen LogP contribution in [0.4, 0.5) is 4.79 Å². The summed E-state index contributed by atoms with van der Waals surface area (Å²) in [6.07, 6.45) is 4.96. The zero-order valence-corrected chi connectivity index (χ0v) is 14.6. The summed E-state index contributed by atoms with van der Waals surface area (Å²) >= 11 is 0.938. The molecule has 2 heterocycles. The summed E-state index contributed by atoms with van der Waals surface area (Å²) in [6.45, 7) is 2.38. The van der Waals surface area contributed by atoms with Crippen LogP contribution in [0.1, 0.15) is 23.7 Å². The fourth-order valence-corrected chi connectivity index (χ4v) is 3.32. The summed E-state index contributed by atoms with van der Waals surface area (Å²) in [5.74, 6) is -0.125. The fraction of sp³-hybridized carbons (Fsp3) is 0.211. The number of aromatic nitrogens is 1. The van der Waals surface area contributed by atoms with Gasteiger partial charge in [-0.2, -0.15) is 0 Å². The molecular weight excluding hydrogens is 336 g/mol. The predicted octanol–water partition coefficient (Wildman–Crippen LogP) is 3.63. The molecule has 0 spiro atoms. The summed E-state index contributed by atoms with van der Waals surface area (Å²) in [5.41, 5.74) is 2.78. The predicted molar refractivity (Wildman–Crippen MR) is 98.1 cm³/mol. The SMILES string of the molecule is CCc1ccc(CCN2C(=O)S/C(=C\c3ccc(O)cc3)C2=O)nc1. The van der Waals surface area contributed by atoms with Crippen LogP contribution in [0.2, 0.25) is 0 Å². The van der Waals surface area contributed by atoms with E-state index in [4.69, 9.17) is 0 Å². The van der Waals surface area contributed by atoms with E-state index in [-0.39, 0.29) is 16.9 Å². The van der Waals surface area contributed by atoms with Crippen molar-refractivity contribution in [2.24, 2.45) is 0 Å². The van der Waals surface area contributed by atoms with E-state index in [0.29, 0.717) is 17.9 Å². The Morgan fingerprint density at radius 2 is 1.92 bits per heavy atom. The second-order valence-corrected chi connectivity index (χ2v) is 6.68. The number of benzene rings is 1. The first-order valence-electron chi connectivity index (χ1n) is 8.05. The maximum absolute atomic E-state index is 12.5. The number of rotatable bonds is 5. The molecule has 0 saturated carbocycles. The number of imide groups is 1. The van der Waals surface area contributed by atoms with E-state index in [9.17, 15) is 14.7 Å². The minimum atomic E-state index is -0.284. The van der Waals surface area contributed by atoms with Gasteiger partial charge in [-0.1, -0.05) is 25.1 Å². The third-order valence-corrected chi connectivity index (χ3v) is 4.86. The number of hydrogen-bond donors (Lipinski definition) is 1. The van der Waals surface area contributed by atoms with Gasteiger partial charge in [-0.25, -0.2) is 0 Å². The second-order valence-electron chi connectivity index (χ2n) is 5.69. The van der Waals surface area contributed by atoms with Crippen molar-refractivity contribution in [2.75, 3.05) is 6.54 Å². The molecule has 0 bridgehead atoms. The average molecular weight is 354 g/mol. The Bertz CT molecular complexity index is 814. The molecular formula is C19H18N2O3S. The lowest BCUT2D eigenvalue weighted by Crippen LogP contribution is -2.30. The van der Waals surface area contributed by atoms with Crippen LogP contribution >= 0.6 is 11.8 Å². The van der Waals surface area contributed by atoms with Crippen molar-refractivity contribution in [1.82, 2.24) is 9.88 Å².